The lowest BCUT2D eigenvalue weighted by Crippen LogP contribution is -2.43. The summed E-state index contributed by atoms with van der Waals surface area (Å²) in [7, 11) is 3.61. The number of carbonyl (C=O) groups is 1. The zero-order valence-electron chi connectivity index (χ0n) is 16.3. The molecular weight excluding hydrogens is 338 g/mol. The van der Waals surface area contributed by atoms with Crippen LogP contribution in [0.15, 0.2) is 10.4 Å². The molecule has 0 saturated carbocycles. The second-order valence-electron chi connectivity index (χ2n) is 6.88. The molecule has 142 valence electrons. The van der Waals surface area contributed by atoms with Crippen molar-refractivity contribution in [2.75, 3.05) is 27.2 Å². The number of nitrogens with zero attached hydrogens (tertiary/aromatic N) is 3. The molecule has 0 fully saturated rings. The maximum absolute atomic E-state index is 12.0. The standard InChI is InChI=1S/C17H31N5O2S/c1-8-18-16(19-9-14(23)21-17(3,4)5)22(6)10-13-11-25-15(20-13)12(2)24-7/h11-12H,8-10H2,1-7H3,(H,18,19)(H,21,23). The first-order chi connectivity index (χ1) is 11.7. The predicted octanol–water partition coefficient (Wildman–Crippen LogP) is 2.16. The van der Waals surface area contributed by atoms with E-state index < -0.39 is 0 Å². The minimum atomic E-state index is -0.258. The van der Waals surface area contributed by atoms with E-state index in [0.29, 0.717) is 12.5 Å². The lowest BCUT2D eigenvalue weighted by Gasteiger charge is -2.22. The summed E-state index contributed by atoms with van der Waals surface area (Å²) >= 11 is 1.59. The third-order valence-electron chi connectivity index (χ3n) is 3.25. The third kappa shape index (κ3) is 7.83. The number of aliphatic imine (C=N–C) groups is 1. The topological polar surface area (TPSA) is 78.9 Å². The van der Waals surface area contributed by atoms with Gasteiger partial charge in [-0.25, -0.2) is 9.98 Å². The zero-order chi connectivity index (χ0) is 19.0. The van der Waals surface area contributed by atoms with Crippen molar-refractivity contribution in [2.45, 2.75) is 52.8 Å². The van der Waals surface area contributed by atoms with Crippen LogP contribution < -0.4 is 10.6 Å². The van der Waals surface area contributed by atoms with Crippen LogP contribution >= 0.6 is 11.3 Å². The van der Waals surface area contributed by atoms with E-state index in [4.69, 9.17) is 4.74 Å². The van der Waals surface area contributed by atoms with Gasteiger partial charge >= 0.3 is 0 Å². The minimum absolute atomic E-state index is 0.00736. The number of guanidine groups is 1. The number of hydrogen-bond donors (Lipinski definition) is 2. The number of hydrogen-bond acceptors (Lipinski definition) is 5. The van der Waals surface area contributed by atoms with Crippen LogP contribution in [0.4, 0.5) is 0 Å². The average molecular weight is 370 g/mol. The molecule has 0 aliphatic heterocycles. The average Bonchev–Trinajstić information content (AvgIpc) is 2.97. The first-order valence-electron chi connectivity index (χ1n) is 8.43. The number of thiazole rings is 1. The monoisotopic (exact) mass is 369 g/mol. The predicted molar refractivity (Wildman–Crippen MR) is 103 cm³/mol. The van der Waals surface area contributed by atoms with Crippen molar-refractivity contribution in [2.24, 2.45) is 4.99 Å². The molecule has 0 aliphatic rings. The van der Waals surface area contributed by atoms with E-state index in [-0.39, 0.29) is 24.1 Å². The van der Waals surface area contributed by atoms with Crippen molar-refractivity contribution in [1.82, 2.24) is 20.5 Å². The first kappa shape index (κ1) is 21.4. The van der Waals surface area contributed by atoms with Crippen LogP contribution in [-0.2, 0) is 16.1 Å². The number of nitrogens with one attached hydrogen (secondary N) is 2. The lowest BCUT2D eigenvalue weighted by atomic mass is 10.1. The van der Waals surface area contributed by atoms with Crippen LogP contribution in [0.5, 0.6) is 0 Å². The Bertz CT molecular complexity index is 580. The summed E-state index contributed by atoms with van der Waals surface area (Å²) in [6.07, 6.45) is -0.00736. The van der Waals surface area contributed by atoms with Gasteiger partial charge in [-0.2, -0.15) is 0 Å². The van der Waals surface area contributed by atoms with Crippen molar-refractivity contribution >= 4 is 23.2 Å². The normalized spacial score (nSPS) is 13.5. The van der Waals surface area contributed by atoms with Gasteiger partial charge < -0.3 is 20.3 Å². The molecule has 1 rings (SSSR count). The highest BCUT2D eigenvalue weighted by molar-refractivity contribution is 7.09. The molecule has 1 heterocycles. The summed E-state index contributed by atoms with van der Waals surface area (Å²) in [5, 5.41) is 9.10. The Hall–Kier alpha value is -1.67. The van der Waals surface area contributed by atoms with E-state index in [9.17, 15) is 4.79 Å². The molecule has 1 aromatic rings. The third-order valence-corrected chi connectivity index (χ3v) is 4.31. The van der Waals surface area contributed by atoms with Gasteiger partial charge in [0.25, 0.3) is 0 Å². The van der Waals surface area contributed by atoms with Crippen molar-refractivity contribution in [3.05, 3.63) is 16.1 Å². The molecular formula is C17H31N5O2S. The Kier molecular flexibility index (Phi) is 8.31. The number of carbonyl (C=O) groups excluding carboxylic acids is 1. The smallest absolute Gasteiger partial charge is 0.242 e. The van der Waals surface area contributed by atoms with Gasteiger partial charge in [0, 0.05) is 31.6 Å². The first-order valence-corrected chi connectivity index (χ1v) is 9.31. The van der Waals surface area contributed by atoms with Gasteiger partial charge in [0.1, 0.15) is 17.7 Å². The van der Waals surface area contributed by atoms with Gasteiger partial charge in [-0.3, -0.25) is 4.79 Å². The molecule has 1 amide bonds. The fourth-order valence-electron chi connectivity index (χ4n) is 2.07. The van der Waals surface area contributed by atoms with Gasteiger partial charge in [-0.15, -0.1) is 11.3 Å². The molecule has 0 spiro atoms. The SMILES string of the molecule is CCNC(=NCC(=O)NC(C)(C)C)N(C)Cc1csc(C(C)OC)n1. The summed E-state index contributed by atoms with van der Waals surface area (Å²) in [5.74, 6) is 0.585. The van der Waals surface area contributed by atoms with E-state index in [2.05, 4.69) is 20.6 Å². The Morgan fingerprint density at radius 3 is 2.72 bits per heavy atom. The van der Waals surface area contributed by atoms with Crippen molar-refractivity contribution in [3.63, 3.8) is 0 Å². The number of methoxy groups -OCH3 is 1. The minimum Gasteiger partial charge on any atom is -0.375 e. The summed E-state index contributed by atoms with van der Waals surface area (Å²) in [6.45, 7) is 11.3. The molecule has 1 aromatic heterocycles. The van der Waals surface area contributed by atoms with Gasteiger partial charge in [-0.1, -0.05) is 0 Å². The van der Waals surface area contributed by atoms with Crippen molar-refractivity contribution in [3.8, 4) is 0 Å². The van der Waals surface area contributed by atoms with Crippen molar-refractivity contribution < 1.29 is 9.53 Å². The Labute approximate surface area is 154 Å². The van der Waals surface area contributed by atoms with E-state index in [1.807, 2.05) is 51.9 Å². The van der Waals surface area contributed by atoms with Crippen LogP contribution in [0, 0.1) is 0 Å². The Morgan fingerprint density at radius 2 is 2.16 bits per heavy atom. The van der Waals surface area contributed by atoms with Gasteiger partial charge in [-0.05, 0) is 34.6 Å². The van der Waals surface area contributed by atoms with Crippen LogP contribution in [0.2, 0.25) is 0 Å². The molecule has 0 radical (unpaired) electrons. The fraction of sp³-hybridized carbons (Fsp3) is 0.706. The summed E-state index contributed by atoms with van der Waals surface area (Å²) < 4.78 is 5.30. The maximum atomic E-state index is 12.0. The fourth-order valence-corrected chi connectivity index (χ4v) is 2.92. The highest BCUT2D eigenvalue weighted by atomic mass is 32.1. The second-order valence-corrected chi connectivity index (χ2v) is 7.77. The molecule has 8 heteroatoms. The van der Waals surface area contributed by atoms with Gasteiger partial charge in [0.15, 0.2) is 5.96 Å². The summed E-state index contributed by atoms with van der Waals surface area (Å²) in [4.78, 5) is 23.0. The second kappa shape index (κ2) is 9.72. The molecule has 0 aliphatic carbocycles. The van der Waals surface area contributed by atoms with Gasteiger partial charge in [0.2, 0.25) is 5.91 Å². The molecule has 2 N–H and O–H groups in total. The highest BCUT2D eigenvalue weighted by Gasteiger charge is 2.15. The van der Waals surface area contributed by atoms with Crippen LogP contribution in [-0.4, -0.2) is 54.5 Å². The Balaban J connectivity index is 2.72. The lowest BCUT2D eigenvalue weighted by molar-refractivity contribution is -0.121. The number of rotatable bonds is 7. The van der Waals surface area contributed by atoms with E-state index in [1.54, 1.807) is 18.4 Å². The van der Waals surface area contributed by atoms with Crippen LogP contribution in [0.1, 0.15) is 51.4 Å². The highest BCUT2D eigenvalue weighted by Crippen LogP contribution is 2.20. The summed E-state index contributed by atoms with van der Waals surface area (Å²) in [6, 6.07) is 0. The molecule has 0 saturated heterocycles. The number of ether oxygens (including phenoxy) is 1. The van der Waals surface area contributed by atoms with Crippen LogP contribution in [0.25, 0.3) is 0 Å². The molecule has 1 atom stereocenters. The molecule has 1 unspecified atom stereocenters. The zero-order valence-corrected chi connectivity index (χ0v) is 17.2. The molecule has 7 nitrogen and oxygen atoms in total. The van der Waals surface area contributed by atoms with E-state index in [0.717, 1.165) is 17.2 Å². The van der Waals surface area contributed by atoms with Gasteiger partial charge in [0.05, 0.1) is 12.2 Å². The maximum Gasteiger partial charge on any atom is 0.242 e. The molecule has 0 aromatic carbocycles. The Morgan fingerprint density at radius 1 is 1.48 bits per heavy atom. The number of amides is 1. The quantitative estimate of drug-likeness (QED) is 0.569. The van der Waals surface area contributed by atoms with Crippen molar-refractivity contribution in [1.29, 1.82) is 0 Å². The largest absolute Gasteiger partial charge is 0.375 e. The summed E-state index contributed by atoms with van der Waals surface area (Å²) in [5.41, 5.74) is 0.697. The molecule has 25 heavy (non-hydrogen) atoms. The van der Waals surface area contributed by atoms with Crippen LogP contribution in [0.3, 0.4) is 0 Å². The van der Waals surface area contributed by atoms with E-state index >= 15 is 0 Å². The molecule has 0 bridgehead atoms. The number of aromatic nitrogens is 1. The van der Waals surface area contributed by atoms with E-state index in [1.165, 1.54) is 0 Å².